The molecule has 1 aliphatic carbocycles. The molecule has 6 rings (SSSR count). The topological polar surface area (TPSA) is 49.8 Å². The van der Waals surface area contributed by atoms with E-state index >= 15 is 0 Å². The Hall–Kier alpha value is -2.75. The molecule has 3 aliphatic heterocycles. The highest BCUT2D eigenvalue weighted by Gasteiger charge is 2.41. The summed E-state index contributed by atoms with van der Waals surface area (Å²) in [6.07, 6.45) is -4.13. The third-order valence-electron chi connectivity index (χ3n) is 9.40. The molecule has 230 valence electrons. The van der Waals surface area contributed by atoms with E-state index in [1.54, 1.807) is 13.8 Å². The van der Waals surface area contributed by atoms with Gasteiger partial charge in [0.2, 0.25) is 0 Å². The smallest absolute Gasteiger partial charge is 0.416 e. The monoisotopic (exact) mass is 597 g/mol. The maximum Gasteiger partial charge on any atom is 0.416 e. The molecule has 2 aromatic carbocycles. The van der Waals surface area contributed by atoms with Crippen molar-refractivity contribution in [1.29, 1.82) is 0 Å². The summed E-state index contributed by atoms with van der Waals surface area (Å²) in [5, 5.41) is 9.73. The van der Waals surface area contributed by atoms with Gasteiger partial charge in [-0.2, -0.15) is 26.3 Å². The first-order valence-corrected chi connectivity index (χ1v) is 14.8. The summed E-state index contributed by atoms with van der Waals surface area (Å²) >= 11 is 0. The normalized spacial score (nSPS) is 24.2. The lowest BCUT2D eigenvalue weighted by atomic mass is 9.82. The van der Waals surface area contributed by atoms with Crippen LogP contribution < -0.4 is 4.74 Å². The van der Waals surface area contributed by atoms with Crippen LogP contribution >= 0.6 is 0 Å². The molecule has 4 aliphatic rings. The van der Waals surface area contributed by atoms with E-state index in [1.807, 2.05) is 23.1 Å². The number of hydrogen-bond acceptors (Lipinski definition) is 3. The lowest BCUT2D eigenvalue weighted by molar-refractivity contribution is -0.142. The van der Waals surface area contributed by atoms with Crippen LogP contribution in [0.25, 0.3) is 0 Å². The van der Waals surface area contributed by atoms with Gasteiger partial charge in [-0.3, -0.25) is 9.69 Å². The largest absolute Gasteiger partial charge is 0.489 e. The van der Waals surface area contributed by atoms with Crippen molar-refractivity contribution in [2.24, 2.45) is 17.8 Å². The molecular formula is C32H37F6NO3. The minimum Gasteiger partial charge on any atom is -0.489 e. The molecule has 1 saturated carbocycles. The quantitative estimate of drug-likeness (QED) is 0.339. The zero-order valence-electron chi connectivity index (χ0n) is 23.8. The summed E-state index contributed by atoms with van der Waals surface area (Å²) in [6, 6.07) is 6.74. The fourth-order valence-electron chi connectivity index (χ4n) is 6.88. The molecule has 0 radical (unpaired) electrons. The van der Waals surface area contributed by atoms with Crippen LogP contribution in [0.3, 0.4) is 0 Å². The molecule has 2 aromatic rings. The summed E-state index contributed by atoms with van der Waals surface area (Å²) in [5.74, 6) is -0.402. The first-order chi connectivity index (χ1) is 19.7. The minimum absolute atomic E-state index is 0.135. The SMILES string of the molecule is C[C@H](C(=O)O)[C@H](c1ccc2c(c1)O[C@H]1CCC[C@@H](CC2)CN([C@@H](C)c2cc(C(F)(F)F)ccc2C(F)(F)F)C1)C1CC1. The molecule has 2 fully saturated rings. The molecule has 4 nitrogen and oxygen atoms in total. The fraction of sp³-hybridized carbons (Fsp3) is 0.594. The zero-order chi connectivity index (χ0) is 30.4. The molecule has 0 amide bonds. The number of ether oxygens (including phenoxy) is 1. The van der Waals surface area contributed by atoms with Crippen molar-refractivity contribution < 1.29 is 41.0 Å². The number of carbonyl (C=O) groups is 1. The van der Waals surface area contributed by atoms with Crippen molar-refractivity contribution in [2.45, 2.75) is 89.2 Å². The van der Waals surface area contributed by atoms with E-state index in [0.29, 0.717) is 49.3 Å². The average molecular weight is 598 g/mol. The van der Waals surface area contributed by atoms with E-state index < -0.39 is 41.4 Å². The van der Waals surface area contributed by atoms with Gasteiger partial charge >= 0.3 is 18.3 Å². The summed E-state index contributed by atoms with van der Waals surface area (Å²) < 4.78 is 89.1. The van der Waals surface area contributed by atoms with Gasteiger partial charge in [0.15, 0.2) is 0 Å². The number of halogens is 6. The zero-order valence-corrected chi connectivity index (χ0v) is 23.8. The summed E-state index contributed by atoms with van der Waals surface area (Å²) in [7, 11) is 0. The number of hydrogen-bond donors (Lipinski definition) is 1. The molecule has 0 unspecified atom stereocenters. The van der Waals surface area contributed by atoms with Crippen LogP contribution in [0.15, 0.2) is 36.4 Å². The third kappa shape index (κ3) is 6.74. The highest BCUT2D eigenvalue weighted by Crippen LogP contribution is 2.48. The van der Waals surface area contributed by atoms with Crippen LogP contribution in [0, 0.1) is 17.8 Å². The van der Waals surface area contributed by atoms with Crippen molar-refractivity contribution in [3.8, 4) is 5.75 Å². The Morgan fingerprint density at radius 3 is 2.31 bits per heavy atom. The molecule has 3 heterocycles. The Morgan fingerprint density at radius 1 is 0.929 bits per heavy atom. The van der Waals surface area contributed by atoms with Gasteiger partial charge in [0.25, 0.3) is 0 Å². The van der Waals surface area contributed by atoms with Gasteiger partial charge in [0, 0.05) is 19.1 Å². The summed E-state index contributed by atoms with van der Waals surface area (Å²) in [6.45, 7) is 4.01. The highest BCUT2D eigenvalue weighted by molar-refractivity contribution is 5.71. The van der Waals surface area contributed by atoms with E-state index in [9.17, 15) is 36.2 Å². The predicted octanol–water partition coefficient (Wildman–Crippen LogP) is 8.50. The van der Waals surface area contributed by atoms with Gasteiger partial charge in [-0.25, -0.2) is 0 Å². The second kappa shape index (κ2) is 11.7. The number of aliphatic carboxylic acids is 1. The molecule has 1 saturated heterocycles. The number of carboxylic acid groups (broad SMARTS) is 1. The van der Waals surface area contributed by atoms with E-state index in [4.69, 9.17) is 4.74 Å². The number of aryl methyl sites for hydroxylation is 1. The van der Waals surface area contributed by atoms with Crippen molar-refractivity contribution in [2.75, 3.05) is 13.1 Å². The number of alkyl halides is 6. The second-order valence-electron chi connectivity index (χ2n) is 12.4. The highest BCUT2D eigenvalue weighted by atomic mass is 19.4. The molecule has 10 heteroatoms. The number of carboxylic acids is 1. The second-order valence-corrected chi connectivity index (χ2v) is 12.4. The van der Waals surface area contributed by atoms with Crippen LogP contribution in [0.4, 0.5) is 26.3 Å². The van der Waals surface area contributed by atoms with Gasteiger partial charge < -0.3 is 9.84 Å². The van der Waals surface area contributed by atoms with Crippen molar-refractivity contribution in [3.05, 3.63) is 64.2 Å². The number of benzene rings is 2. The van der Waals surface area contributed by atoms with Crippen LogP contribution in [-0.2, 0) is 23.6 Å². The lowest BCUT2D eigenvalue weighted by Gasteiger charge is -2.39. The summed E-state index contributed by atoms with van der Waals surface area (Å²) in [4.78, 5) is 13.7. The maximum atomic E-state index is 14.0. The van der Waals surface area contributed by atoms with E-state index in [0.717, 1.165) is 43.2 Å². The van der Waals surface area contributed by atoms with Crippen LogP contribution in [0.2, 0.25) is 0 Å². The molecule has 1 N–H and O–H groups in total. The maximum absolute atomic E-state index is 14.0. The number of fused-ring (bicyclic) bond motifs is 5. The Bertz CT molecular complexity index is 1290. The van der Waals surface area contributed by atoms with Crippen molar-refractivity contribution in [3.63, 3.8) is 0 Å². The van der Waals surface area contributed by atoms with Crippen LogP contribution in [0.5, 0.6) is 5.75 Å². The molecule has 2 bridgehead atoms. The third-order valence-corrected chi connectivity index (χ3v) is 9.40. The number of rotatable bonds is 6. The van der Waals surface area contributed by atoms with Gasteiger partial charge in [0.05, 0.1) is 17.0 Å². The van der Waals surface area contributed by atoms with E-state index in [-0.39, 0.29) is 30.0 Å². The molecule has 0 spiro atoms. The van der Waals surface area contributed by atoms with Crippen LogP contribution in [-0.4, -0.2) is 35.2 Å². The van der Waals surface area contributed by atoms with Gasteiger partial charge in [0.1, 0.15) is 11.9 Å². The Labute approximate surface area is 242 Å². The van der Waals surface area contributed by atoms with Crippen LogP contribution in [0.1, 0.15) is 92.1 Å². The fourth-order valence-corrected chi connectivity index (χ4v) is 6.88. The standard InChI is InChI=1S/C32H37F6NO3/c1-18(30(40)41)29(22-9-10-22)23-11-8-21-7-6-20-4-3-5-25(42-28(21)14-23)17-39(16-20)19(2)26-15-24(31(33,34)35)12-13-27(26)32(36,37)38/h8,11-15,18-20,22,25,29H,3-7,9-10,16-17H2,1-2H3,(H,40,41)/t18-,19-,20-,25-,29-/m0/s1. The van der Waals surface area contributed by atoms with Gasteiger partial charge in [-0.05, 0) is 111 Å². The first-order valence-electron chi connectivity index (χ1n) is 14.8. The van der Waals surface area contributed by atoms with Gasteiger partial charge in [-0.1, -0.05) is 19.1 Å². The first kappa shape index (κ1) is 30.7. The Balaban J connectivity index is 1.47. The predicted molar refractivity (Wildman–Crippen MR) is 145 cm³/mol. The Morgan fingerprint density at radius 2 is 1.67 bits per heavy atom. The van der Waals surface area contributed by atoms with Gasteiger partial charge in [-0.15, -0.1) is 0 Å². The molecule has 5 atom stereocenters. The summed E-state index contributed by atoms with van der Waals surface area (Å²) in [5.41, 5.74) is -0.603. The molecule has 0 aromatic heterocycles. The lowest BCUT2D eigenvalue weighted by Crippen LogP contribution is -2.43. The average Bonchev–Trinajstić information content (AvgIpc) is 3.74. The number of nitrogens with zero attached hydrogens (tertiary/aromatic N) is 1. The van der Waals surface area contributed by atoms with E-state index in [2.05, 4.69) is 0 Å². The van der Waals surface area contributed by atoms with Crippen molar-refractivity contribution in [1.82, 2.24) is 4.90 Å². The molecular weight excluding hydrogens is 560 g/mol. The Kier molecular flexibility index (Phi) is 8.58. The van der Waals surface area contributed by atoms with E-state index in [1.165, 1.54) is 0 Å². The van der Waals surface area contributed by atoms with Crippen molar-refractivity contribution >= 4 is 5.97 Å². The minimum atomic E-state index is -4.79. The molecule has 42 heavy (non-hydrogen) atoms.